The van der Waals surface area contributed by atoms with Gasteiger partial charge in [-0.1, -0.05) is 0 Å². The van der Waals surface area contributed by atoms with Crippen LogP contribution < -0.4 is 0 Å². The van der Waals surface area contributed by atoms with E-state index in [4.69, 9.17) is 5.11 Å². The largest absolute Gasteiger partial charge is 0.481 e. The van der Waals surface area contributed by atoms with Gasteiger partial charge in [0.2, 0.25) is 5.91 Å². The van der Waals surface area contributed by atoms with Crippen LogP contribution in [0.5, 0.6) is 0 Å². The number of aliphatic carboxylic acids is 1. The molecule has 0 spiro atoms. The molecule has 13 nitrogen and oxygen atoms in total. The molecule has 186 valence electrons. The maximum Gasteiger partial charge on any atom is 0.306 e. The molecular formula is C20H30N2O11. The third kappa shape index (κ3) is 8.63. The molecule has 0 fully saturated rings. The van der Waals surface area contributed by atoms with Crippen LogP contribution in [0.3, 0.4) is 0 Å². The molecule has 1 rings (SSSR count). The van der Waals surface area contributed by atoms with Gasteiger partial charge in [-0.15, -0.1) is 0 Å². The number of hydrogen-bond acceptors (Lipinski definition) is 10. The zero-order valence-corrected chi connectivity index (χ0v) is 18.1. The molecule has 3 amide bonds. The van der Waals surface area contributed by atoms with Crippen LogP contribution in [0.15, 0.2) is 12.2 Å². The fourth-order valence-corrected chi connectivity index (χ4v) is 3.12. The summed E-state index contributed by atoms with van der Waals surface area (Å²) in [5.74, 6) is -4.69. The number of imide groups is 1. The maximum atomic E-state index is 12.3. The average Bonchev–Trinajstić information content (AvgIpc) is 3.09. The van der Waals surface area contributed by atoms with Gasteiger partial charge in [-0.05, 0) is 6.42 Å². The Morgan fingerprint density at radius 1 is 0.970 bits per heavy atom. The first-order chi connectivity index (χ1) is 15.4. The van der Waals surface area contributed by atoms with Gasteiger partial charge in [-0.2, -0.15) is 0 Å². The van der Waals surface area contributed by atoms with Gasteiger partial charge in [0, 0.05) is 51.6 Å². The van der Waals surface area contributed by atoms with Gasteiger partial charge >= 0.3 is 5.97 Å². The van der Waals surface area contributed by atoms with Crippen LogP contribution in [0.4, 0.5) is 0 Å². The van der Waals surface area contributed by atoms with E-state index in [9.17, 15) is 49.5 Å². The van der Waals surface area contributed by atoms with Crippen molar-refractivity contribution in [3.8, 4) is 0 Å². The number of carboxylic acids is 1. The van der Waals surface area contributed by atoms with E-state index >= 15 is 0 Å². The van der Waals surface area contributed by atoms with Gasteiger partial charge in [0.15, 0.2) is 0 Å². The number of likely N-dealkylation sites (N-methyl/N-ethyl adjacent to an activating group) is 1. The van der Waals surface area contributed by atoms with Crippen molar-refractivity contribution in [2.24, 2.45) is 5.92 Å². The van der Waals surface area contributed by atoms with Gasteiger partial charge in [0.05, 0.1) is 12.5 Å². The molecule has 0 radical (unpaired) electrons. The average molecular weight is 474 g/mol. The number of carbonyl (C=O) groups excluding carboxylic acids is 4. The molecule has 1 aliphatic heterocycles. The maximum absolute atomic E-state index is 12.3. The summed E-state index contributed by atoms with van der Waals surface area (Å²) in [6.45, 7) is -1.47. The number of aliphatic hydroxyl groups is 5. The highest BCUT2D eigenvalue weighted by Gasteiger charge is 2.32. The monoisotopic (exact) mass is 474 g/mol. The quantitative estimate of drug-likeness (QED) is 0.129. The molecule has 1 aliphatic rings. The van der Waals surface area contributed by atoms with Gasteiger partial charge in [0.25, 0.3) is 11.8 Å². The van der Waals surface area contributed by atoms with E-state index in [2.05, 4.69) is 0 Å². The number of carboxylic acid groups (broad SMARTS) is 1. The van der Waals surface area contributed by atoms with E-state index in [0.29, 0.717) is 0 Å². The zero-order valence-electron chi connectivity index (χ0n) is 18.1. The second-order valence-corrected chi connectivity index (χ2v) is 7.80. The minimum absolute atomic E-state index is 0.172. The first-order valence-corrected chi connectivity index (χ1v) is 10.2. The lowest BCUT2D eigenvalue weighted by atomic mass is 9.95. The van der Waals surface area contributed by atoms with Crippen LogP contribution in [0.25, 0.3) is 0 Å². The first-order valence-electron chi connectivity index (χ1n) is 10.2. The molecule has 0 aliphatic carbocycles. The van der Waals surface area contributed by atoms with Gasteiger partial charge in [0.1, 0.15) is 30.2 Å². The standard InChI is InChI=1S/C20H30N2O11/c1-21(9-13(25)18(30)19(31)14(26)10-23)15(27)3-2-11(20(32)33)8-12(24)6-7-22-16(28)4-5-17(22)29/h4-5,11,13-14,18-19,23,25-26,30-31H,2-3,6-10H2,1H3,(H,32,33)/t11-,13+,14-,18-,19-/m1/s1. The summed E-state index contributed by atoms with van der Waals surface area (Å²) >= 11 is 0. The van der Waals surface area contributed by atoms with E-state index in [1.165, 1.54) is 7.05 Å². The van der Waals surface area contributed by atoms with Crippen molar-refractivity contribution in [2.75, 3.05) is 26.7 Å². The lowest BCUT2D eigenvalue weighted by molar-refractivity contribution is -0.145. The van der Waals surface area contributed by atoms with Crippen LogP contribution in [0.1, 0.15) is 25.7 Å². The lowest BCUT2D eigenvalue weighted by Crippen LogP contribution is -2.50. The minimum atomic E-state index is -1.85. The first kappa shape index (κ1) is 28.3. The molecule has 5 atom stereocenters. The molecule has 0 saturated carbocycles. The second-order valence-electron chi connectivity index (χ2n) is 7.80. The van der Waals surface area contributed by atoms with Crippen molar-refractivity contribution in [2.45, 2.75) is 50.1 Å². The number of amides is 3. The summed E-state index contributed by atoms with van der Waals surface area (Å²) < 4.78 is 0. The highest BCUT2D eigenvalue weighted by molar-refractivity contribution is 6.13. The molecule has 6 N–H and O–H groups in total. The number of nitrogens with zero attached hydrogens (tertiary/aromatic N) is 2. The predicted molar refractivity (Wildman–Crippen MR) is 109 cm³/mol. The number of carbonyl (C=O) groups is 5. The minimum Gasteiger partial charge on any atom is -0.481 e. The predicted octanol–water partition coefficient (Wildman–Crippen LogP) is -3.36. The van der Waals surface area contributed by atoms with Crippen molar-refractivity contribution < 1.29 is 54.6 Å². The Bertz CT molecular complexity index is 751. The Morgan fingerprint density at radius 3 is 2.03 bits per heavy atom. The zero-order chi connectivity index (χ0) is 25.3. The fraction of sp³-hybridized carbons (Fsp3) is 0.650. The van der Waals surface area contributed by atoms with Crippen LogP contribution in [-0.2, 0) is 24.0 Å². The van der Waals surface area contributed by atoms with Crippen LogP contribution in [0, 0.1) is 5.92 Å². The third-order valence-corrected chi connectivity index (χ3v) is 5.26. The SMILES string of the molecule is CN(C[C@H](O)[C@@H](O)[C@H](O)[C@H](O)CO)C(=O)CC[C@H](CC(=O)CCN1C(=O)C=CC1=O)C(=O)O. The topological polar surface area (TPSA) is 213 Å². The summed E-state index contributed by atoms with van der Waals surface area (Å²) in [6.07, 6.45) is -6.02. The summed E-state index contributed by atoms with van der Waals surface area (Å²) in [4.78, 5) is 60.6. The molecule has 1 heterocycles. The van der Waals surface area contributed by atoms with Gasteiger partial charge < -0.3 is 35.5 Å². The third-order valence-electron chi connectivity index (χ3n) is 5.26. The molecular weight excluding hydrogens is 444 g/mol. The number of ketones is 1. The van der Waals surface area contributed by atoms with E-state index < -0.39 is 79.4 Å². The smallest absolute Gasteiger partial charge is 0.306 e. The Hall–Kier alpha value is -2.71. The van der Waals surface area contributed by atoms with Crippen LogP contribution in [0.2, 0.25) is 0 Å². The Labute approximate surface area is 189 Å². The molecule has 0 bridgehead atoms. The van der Waals surface area contributed by atoms with Crippen molar-refractivity contribution >= 4 is 29.5 Å². The van der Waals surface area contributed by atoms with Gasteiger partial charge in [-0.25, -0.2) is 0 Å². The molecule has 13 heteroatoms. The Kier molecular flexibility index (Phi) is 11.2. The lowest BCUT2D eigenvalue weighted by Gasteiger charge is -2.28. The van der Waals surface area contributed by atoms with E-state index in [1.807, 2.05) is 0 Å². The van der Waals surface area contributed by atoms with Crippen molar-refractivity contribution in [1.82, 2.24) is 9.80 Å². The highest BCUT2D eigenvalue weighted by Crippen LogP contribution is 2.16. The second kappa shape index (κ2) is 13.1. The van der Waals surface area contributed by atoms with E-state index in [-0.39, 0.29) is 25.8 Å². The summed E-state index contributed by atoms with van der Waals surface area (Å²) in [5, 5.41) is 56.8. The molecule has 0 aromatic carbocycles. The van der Waals surface area contributed by atoms with Gasteiger partial charge in [-0.3, -0.25) is 28.9 Å². The summed E-state index contributed by atoms with van der Waals surface area (Å²) in [5.41, 5.74) is 0. The summed E-state index contributed by atoms with van der Waals surface area (Å²) in [6, 6.07) is 0. The number of Topliss-reactive ketones (excluding diaryl/α,β-unsaturated/α-hetero) is 1. The molecule has 0 aromatic heterocycles. The molecule has 0 unspecified atom stereocenters. The highest BCUT2D eigenvalue weighted by atomic mass is 16.4. The number of rotatable bonds is 15. The van der Waals surface area contributed by atoms with E-state index in [0.717, 1.165) is 22.0 Å². The number of aliphatic hydroxyl groups excluding tert-OH is 5. The molecule has 0 saturated heterocycles. The van der Waals surface area contributed by atoms with Crippen LogP contribution in [-0.4, -0.2) is 121 Å². The van der Waals surface area contributed by atoms with Crippen molar-refractivity contribution in [3.63, 3.8) is 0 Å². The fourth-order valence-electron chi connectivity index (χ4n) is 3.12. The van der Waals surface area contributed by atoms with Crippen molar-refractivity contribution in [1.29, 1.82) is 0 Å². The Morgan fingerprint density at radius 2 is 1.52 bits per heavy atom. The normalized spacial score (nSPS) is 18.1. The molecule has 0 aromatic rings. The number of hydrogen-bond donors (Lipinski definition) is 6. The van der Waals surface area contributed by atoms with Crippen molar-refractivity contribution in [3.05, 3.63) is 12.2 Å². The Balaban J connectivity index is 2.51. The summed E-state index contributed by atoms with van der Waals surface area (Å²) in [7, 11) is 1.27. The van der Waals surface area contributed by atoms with Crippen LogP contribution >= 0.6 is 0 Å². The van der Waals surface area contributed by atoms with E-state index in [1.54, 1.807) is 0 Å². The molecule has 33 heavy (non-hydrogen) atoms.